The number of para-hydroxylation sites is 2. The predicted octanol–water partition coefficient (Wildman–Crippen LogP) is 3.46. The van der Waals surface area contributed by atoms with Crippen LogP contribution in [0.1, 0.15) is 18.9 Å². The van der Waals surface area contributed by atoms with E-state index in [9.17, 15) is 4.79 Å². The van der Waals surface area contributed by atoms with Crippen molar-refractivity contribution >= 4 is 22.6 Å². The van der Waals surface area contributed by atoms with Crippen LogP contribution in [0.15, 0.2) is 47.3 Å². The first-order valence-electron chi connectivity index (χ1n) is 9.68. The largest absolute Gasteiger partial charge is 0.486 e. The molecule has 0 unspecified atom stereocenters. The molecule has 28 heavy (non-hydrogen) atoms. The topological polar surface area (TPSA) is 59.5 Å². The van der Waals surface area contributed by atoms with Crippen molar-refractivity contribution in [1.82, 2.24) is 14.5 Å². The number of rotatable bonds is 3. The highest BCUT2D eigenvalue weighted by atomic mass is 35.5. The summed E-state index contributed by atoms with van der Waals surface area (Å²) in [5, 5.41) is 0.631. The summed E-state index contributed by atoms with van der Waals surface area (Å²) in [6.45, 7) is 3.26. The number of hydrogen-bond donors (Lipinski definition) is 1. The third kappa shape index (κ3) is 3.27. The van der Waals surface area contributed by atoms with E-state index in [0.29, 0.717) is 11.6 Å². The fourth-order valence-corrected chi connectivity index (χ4v) is 4.44. The van der Waals surface area contributed by atoms with Gasteiger partial charge in [0.2, 0.25) is 0 Å². The van der Waals surface area contributed by atoms with E-state index in [1.54, 1.807) is 0 Å². The van der Waals surface area contributed by atoms with Crippen LogP contribution in [0.4, 0.5) is 0 Å². The van der Waals surface area contributed by atoms with Crippen molar-refractivity contribution in [1.29, 1.82) is 0 Å². The van der Waals surface area contributed by atoms with Gasteiger partial charge >= 0.3 is 5.69 Å². The Morgan fingerprint density at radius 1 is 1.11 bits per heavy atom. The number of fused-ring (bicyclic) bond motifs is 2. The van der Waals surface area contributed by atoms with E-state index in [4.69, 9.17) is 21.1 Å². The van der Waals surface area contributed by atoms with Crippen LogP contribution in [0.5, 0.6) is 11.5 Å². The number of H-pyrrole nitrogens is 1. The van der Waals surface area contributed by atoms with Crippen molar-refractivity contribution in [2.24, 2.45) is 0 Å². The summed E-state index contributed by atoms with van der Waals surface area (Å²) in [7, 11) is 0. The molecule has 0 saturated carbocycles. The maximum Gasteiger partial charge on any atom is 0.326 e. The van der Waals surface area contributed by atoms with Crippen LogP contribution in [0.3, 0.4) is 0 Å². The van der Waals surface area contributed by atoms with Crippen molar-refractivity contribution in [3.8, 4) is 11.5 Å². The maximum atomic E-state index is 12.5. The number of hydrogen-bond acceptors (Lipinski definition) is 4. The molecule has 3 aromatic rings. The smallest absolute Gasteiger partial charge is 0.326 e. The number of nitrogens with one attached hydrogen (secondary N) is 1. The number of aromatic nitrogens is 2. The molecular weight excluding hydrogens is 378 g/mol. The molecule has 0 bridgehead atoms. The molecule has 5 rings (SSSR count). The third-order valence-corrected chi connectivity index (χ3v) is 5.87. The Morgan fingerprint density at radius 3 is 2.71 bits per heavy atom. The molecule has 2 aliphatic rings. The predicted molar refractivity (Wildman–Crippen MR) is 109 cm³/mol. The molecule has 0 radical (unpaired) electrons. The normalized spacial score (nSPS) is 20.5. The molecule has 1 saturated heterocycles. The van der Waals surface area contributed by atoms with Gasteiger partial charge in [-0.15, -0.1) is 0 Å². The first kappa shape index (κ1) is 17.6. The first-order chi connectivity index (χ1) is 13.7. The third-order valence-electron chi connectivity index (χ3n) is 5.63. The van der Waals surface area contributed by atoms with Crippen LogP contribution in [0, 0.1) is 0 Å². The van der Waals surface area contributed by atoms with Gasteiger partial charge in [-0.1, -0.05) is 23.7 Å². The standard InChI is InChI=1S/C21H22ClN3O3/c22-14-5-6-18-17(11-14)23-21(26)25(18)15-7-9-24(10-8-15)12-16-13-27-19-3-1-2-4-20(19)28-16/h1-6,11,15-16H,7-10,12-13H2,(H,23,26)/t16-/m1/s1. The fourth-order valence-electron chi connectivity index (χ4n) is 4.27. The lowest BCUT2D eigenvalue weighted by atomic mass is 10.0. The highest BCUT2D eigenvalue weighted by Crippen LogP contribution is 2.32. The number of likely N-dealkylation sites (tertiary alicyclic amines) is 1. The summed E-state index contributed by atoms with van der Waals surface area (Å²) >= 11 is 6.05. The van der Waals surface area contributed by atoms with Crippen LogP contribution in [0.25, 0.3) is 11.0 Å². The quantitative estimate of drug-likeness (QED) is 0.732. The van der Waals surface area contributed by atoms with Crippen LogP contribution in [0.2, 0.25) is 5.02 Å². The molecular formula is C21H22ClN3O3. The van der Waals surface area contributed by atoms with Gasteiger partial charge in [0.25, 0.3) is 0 Å². The zero-order chi connectivity index (χ0) is 19.1. The number of halogens is 1. The Kier molecular flexibility index (Phi) is 4.53. The monoisotopic (exact) mass is 399 g/mol. The van der Waals surface area contributed by atoms with Crippen molar-refractivity contribution < 1.29 is 9.47 Å². The molecule has 3 heterocycles. The second-order valence-electron chi connectivity index (χ2n) is 7.49. The highest BCUT2D eigenvalue weighted by Gasteiger charge is 2.27. The lowest BCUT2D eigenvalue weighted by Gasteiger charge is -2.36. The van der Waals surface area contributed by atoms with Crippen molar-refractivity contribution in [3.05, 3.63) is 58.0 Å². The SMILES string of the molecule is O=c1[nH]c2cc(Cl)ccc2n1C1CCN(C[C@@H]2COc3ccccc3O2)CC1. The molecule has 6 nitrogen and oxygen atoms in total. The van der Waals surface area contributed by atoms with Gasteiger partial charge < -0.3 is 14.5 Å². The molecule has 2 aromatic carbocycles. The summed E-state index contributed by atoms with van der Waals surface area (Å²) in [4.78, 5) is 17.8. The van der Waals surface area contributed by atoms with Crippen LogP contribution in [-0.2, 0) is 0 Å². The number of piperidine rings is 1. The second-order valence-corrected chi connectivity index (χ2v) is 7.93. The van der Waals surface area contributed by atoms with Gasteiger partial charge in [-0.25, -0.2) is 4.79 Å². The Hall–Kier alpha value is -2.44. The van der Waals surface area contributed by atoms with Crippen molar-refractivity contribution in [2.45, 2.75) is 25.0 Å². The summed E-state index contributed by atoms with van der Waals surface area (Å²) in [6, 6.07) is 13.6. The zero-order valence-electron chi connectivity index (χ0n) is 15.4. The van der Waals surface area contributed by atoms with E-state index < -0.39 is 0 Å². The number of nitrogens with zero attached hydrogens (tertiary/aromatic N) is 2. The lowest BCUT2D eigenvalue weighted by Crippen LogP contribution is -2.45. The van der Waals surface area contributed by atoms with E-state index in [0.717, 1.165) is 55.0 Å². The van der Waals surface area contributed by atoms with Gasteiger partial charge in [0.05, 0.1) is 11.0 Å². The molecule has 1 N–H and O–H groups in total. The number of aromatic amines is 1. The van der Waals surface area contributed by atoms with E-state index in [-0.39, 0.29) is 17.8 Å². The minimum Gasteiger partial charge on any atom is -0.486 e. The van der Waals surface area contributed by atoms with E-state index in [1.807, 2.05) is 47.0 Å². The molecule has 1 atom stereocenters. The van der Waals surface area contributed by atoms with Crippen LogP contribution >= 0.6 is 11.6 Å². The minimum atomic E-state index is -0.0589. The molecule has 146 valence electrons. The fraction of sp³-hybridized carbons (Fsp3) is 0.381. The van der Waals surface area contributed by atoms with Crippen molar-refractivity contribution in [2.75, 3.05) is 26.2 Å². The molecule has 7 heteroatoms. The summed E-state index contributed by atoms with van der Waals surface area (Å²) in [6.07, 6.45) is 1.89. The average Bonchev–Trinajstić information content (AvgIpc) is 3.03. The van der Waals surface area contributed by atoms with Gasteiger partial charge in [0.1, 0.15) is 12.7 Å². The summed E-state index contributed by atoms with van der Waals surface area (Å²) < 4.78 is 13.8. The lowest BCUT2D eigenvalue weighted by molar-refractivity contribution is 0.0485. The molecule has 2 aliphatic heterocycles. The van der Waals surface area contributed by atoms with Crippen molar-refractivity contribution in [3.63, 3.8) is 0 Å². The molecule has 0 spiro atoms. The van der Waals surface area contributed by atoms with E-state index in [1.165, 1.54) is 0 Å². The highest BCUT2D eigenvalue weighted by molar-refractivity contribution is 6.31. The van der Waals surface area contributed by atoms with Gasteiger partial charge in [0, 0.05) is 30.7 Å². The van der Waals surface area contributed by atoms with Gasteiger partial charge in [-0.05, 0) is 43.2 Å². The zero-order valence-corrected chi connectivity index (χ0v) is 16.2. The Labute approximate surface area is 167 Å². The number of benzene rings is 2. The van der Waals surface area contributed by atoms with Gasteiger partial charge in [-0.3, -0.25) is 9.47 Å². The number of ether oxygens (including phenoxy) is 2. The number of imidazole rings is 1. The maximum absolute atomic E-state index is 12.5. The summed E-state index contributed by atoms with van der Waals surface area (Å²) in [5.41, 5.74) is 1.66. The second kappa shape index (κ2) is 7.18. The molecule has 1 fully saturated rings. The van der Waals surface area contributed by atoms with Crippen LogP contribution < -0.4 is 15.2 Å². The minimum absolute atomic E-state index is 0.0319. The van der Waals surface area contributed by atoms with Crippen LogP contribution in [-0.4, -0.2) is 46.8 Å². The van der Waals surface area contributed by atoms with E-state index in [2.05, 4.69) is 9.88 Å². The molecule has 1 aromatic heterocycles. The Bertz CT molecular complexity index is 1050. The first-order valence-corrected chi connectivity index (χ1v) is 10.1. The van der Waals surface area contributed by atoms with Gasteiger partial charge in [-0.2, -0.15) is 0 Å². The molecule has 0 amide bonds. The Balaban J connectivity index is 1.24. The average molecular weight is 400 g/mol. The van der Waals surface area contributed by atoms with Gasteiger partial charge in [0.15, 0.2) is 11.5 Å². The Morgan fingerprint density at radius 2 is 1.89 bits per heavy atom. The summed E-state index contributed by atoms with van der Waals surface area (Å²) in [5.74, 6) is 1.63. The van der Waals surface area contributed by atoms with E-state index >= 15 is 0 Å². The molecule has 0 aliphatic carbocycles.